The zero-order valence-corrected chi connectivity index (χ0v) is 17.4. The van der Waals surface area contributed by atoms with Gasteiger partial charge in [-0.3, -0.25) is 9.89 Å². The lowest BCUT2D eigenvalue weighted by Gasteiger charge is -2.31. The molecule has 27 heavy (non-hydrogen) atoms. The van der Waals surface area contributed by atoms with E-state index in [2.05, 4.69) is 4.99 Å². The van der Waals surface area contributed by atoms with Crippen LogP contribution >= 0.6 is 34.8 Å². The van der Waals surface area contributed by atoms with Crippen LogP contribution in [0.2, 0.25) is 5.02 Å². The van der Waals surface area contributed by atoms with Gasteiger partial charge in [-0.25, -0.2) is 4.79 Å². The number of carbonyl (C=O) groups is 1. The third-order valence-electron chi connectivity index (χ3n) is 3.44. The van der Waals surface area contributed by atoms with E-state index in [9.17, 15) is 4.79 Å². The number of carbonyl (C=O) groups excluding carboxylic acids is 1. The summed E-state index contributed by atoms with van der Waals surface area (Å²) in [5.41, 5.74) is 0.808. The number of nitrogens with zero attached hydrogens (tertiary/aromatic N) is 2. The monoisotopic (exact) mass is 424 g/mol. The summed E-state index contributed by atoms with van der Waals surface area (Å²) in [4.78, 5) is 18.4. The lowest BCUT2D eigenvalue weighted by atomic mass is 10.1. The first kappa shape index (κ1) is 21.3. The van der Waals surface area contributed by atoms with Crippen LogP contribution in [0.1, 0.15) is 26.3 Å². The molecule has 0 N–H and O–H groups in total. The fourth-order valence-electron chi connectivity index (χ4n) is 2.11. The molecule has 2 aromatic carbocycles. The summed E-state index contributed by atoms with van der Waals surface area (Å²) in [5, 5.41) is 0.636. The average Bonchev–Trinajstić information content (AvgIpc) is 2.59. The number of para-hydroxylation sites is 1. The van der Waals surface area contributed by atoms with Crippen LogP contribution in [0.5, 0.6) is 5.75 Å². The van der Waals surface area contributed by atoms with E-state index in [0.717, 1.165) is 5.69 Å². The van der Waals surface area contributed by atoms with E-state index in [1.807, 2.05) is 26.8 Å². The van der Waals surface area contributed by atoms with Crippen LogP contribution in [-0.4, -0.2) is 22.7 Å². The minimum absolute atomic E-state index is 0.0422. The van der Waals surface area contributed by atoms with E-state index >= 15 is 0 Å². The molecule has 0 radical (unpaired) electrons. The molecule has 0 aliphatic heterocycles. The summed E-state index contributed by atoms with van der Waals surface area (Å²) in [6.45, 7) is 5.53. The lowest BCUT2D eigenvalue weighted by molar-refractivity contribution is 0.136. The van der Waals surface area contributed by atoms with Gasteiger partial charge in [0, 0.05) is 28.5 Å². The van der Waals surface area contributed by atoms with E-state index in [1.165, 1.54) is 11.1 Å². The van der Waals surface area contributed by atoms with Gasteiger partial charge in [-0.2, -0.15) is 0 Å². The molecule has 1 amide bonds. The molecule has 0 heterocycles. The first-order valence-electron chi connectivity index (χ1n) is 8.09. The van der Waals surface area contributed by atoms with Crippen LogP contribution in [0.4, 0.5) is 10.5 Å². The van der Waals surface area contributed by atoms with Gasteiger partial charge in [-0.15, -0.1) is 0 Å². The van der Waals surface area contributed by atoms with Gasteiger partial charge in [-0.05, 0) is 57.2 Å². The highest BCUT2D eigenvalue weighted by atomic mass is 35.5. The van der Waals surface area contributed by atoms with E-state index in [1.54, 1.807) is 48.7 Å². The van der Waals surface area contributed by atoms with Gasteiger partial charge in [0.15, 0.2) is 0 Å². The molecule has 2 aromatic rings. The van der Waals surface area contributed by atoms with Crippen LogP contribution in [0, 0.1) is 0 Å². The van der Waals surface area contributed by atoms with Crippen molar-refractivity contribution >= 4 is 52.8 Å². The first-order valence-corrected chi connectivity index (χ1v) is 9.23. The van der Waals surface area contributed by atoms with E-state index in [4.69, 9.17) is 39.5 Å². The van der Waals surface area contributed by atoms with E-state index in [-0.39, 0.29) is 4.49 Å². The summed E-state index contributed by atoms with van der Waals surface area (Å²) in [6.07, 6.45) is 2.35. The number of aliphatic imine (C=N–C) groups is 1. The van der Waals surface area contributed by atoms with Crippen LogP contribution in [0.15, 0.2) is 64.2 Å². The van der Waals surface area contributed by atoms with Crippen molar-refractivity contribution in [3.05, 3.63) is 69.8 Å². The summed E-state index contributed by atoms with van der Waals surface area (Å²) in [7, 11) is 0. The number of rotatable bonds is 4. The molecule has 7 heteroatoms. The zero-order chi connectivity index (χ0) is 20.0. The molecular formula is C20H19Cl3N2O2. The fourth-order valence-corrected chi connectivity index (χ4v) is 2.43. The molecule has 0 bridgehead atoms. The van der Waals surface area contributed by atoms with Crippen molar-refractivity contribution in [2.45, 2.75) is 26.3 Å². The molecule has 0 unspecified atom stereocenters. The Balaban J connectivity index is 2.25. The van der Waals surface area contributed by atoms with Gasteiger partial charge < -0.3 is 4.74 Å². The number of hydrogen-bond acceptors (Lipinski definition) is 3. The minimum atomic E-state index is -0.603. The molecule has 0 saturated heterocycles. The predicted octanol–water partition coefficient (Wildman–Crippen LogP) is 6.97. The highest BCUT2D eigenvalue weighted by molar-refractivity contribution is 6.55. The van der Waals surface area contributed by atoms with Crippen LogP contribution in [0.3, 0.4) is 0 Å². The molecular weight excluding hydrogens is 407 g/mol. The van der Waals surface area contributed by atoms with Crippen molar-refractivity contribution < 1.29 is 9.53 Å². The van der Waals surface area contributed by atoms with Gasteiger partial charge in [0.2, 0.25) is 0 Å². The highest BCUT2D eigenvalue weighted by Crippen LogP contribution is 2.24. The average molecular weight is 426 g/mol. The number of halogens is 3. The molecule has 142 valence electrons. The summed E-state index contributed by atoms with van der Waals surface area (Å²) in [6, 6.07) is 14.2. The summed E-state index contributed by atoms with van der Waals surface area (Å²) >= 11 is 17.3. The summed E-state index contributed by atoms with van der Waals surface area (Å²) < 4.78 is 5.51. The maximum absolute atomic E-state index is 12.6. The Hall–Kier alpha value is -2.01. The molecule has 4 nitrogen and oxygen atoms in total. The van der Waals surface area contributed by atoms with E-state index in [0.29, 0.717) is 16.3 Å². The van der Waals surface area contributed by atoms with Crippen molar-refractivity contribution in [3.8, 4) is 5.75 Å². The van der Waals surface area contributed by atoms with Gasteiger partial charge >= 0.3 is 6.09 Å². The molecule has 0 atom stereocenters. The van der Waals surface area contributed by atoms with E-state index < -0.39 is 11.6 Å². The Morgan fingerprint density at radius 2 is 1.70 bits per heavy atom. The number of amides is 1. The van der Waals surface area contributed by atoms with Crippen molar-refractivity contribution in [2.75, 3.05) is 0 Å². The normalized spacial score (nSPS) is 11.3. The molecule has 2 rings (SSSR count). The van der Waals surface area contributed by atoms with Crippen molar-refractivity contribution in [1.82, 2.24) is 4.90 Å². The maximum atomic E-state index is 12.6. The van der Waals surface area contributed by atoms with Crippen molar-refractivity contribution in [3.63, 3.8) is 0 Å². The second kappa shape index (κ2) is 9.27. The SMILES string of the molecule is CC(C)(C)N(C=C(Cl)Cl)C(=O)Oc1ccccc1C=Nc1ccc(Cl)cc1. The predicted molar refractivity (Wildman–Crippen MR) is 113 cm³/mol. The smallest absolute Gasteiger partial charge is 0.409 e. The Kier molecular flexibility index (Phi) is 7.31. The number of ether oxygens (including phenoxy) is 1. The van der Waals surface area contributed by atoms with Gasteiger partial charge in [0.05, 0.1) is 5.69 Å². The third kappa shape index (κ3) is 6.58. The Morgan fingerprint density at radius 1 is 1.07 bits per heavy atom. The number of hydrogen-bond donors (Lipinski definition) is 0. The molecule has 0 aliphatic rings. The molecule has 0 saturated carbocycles. The van der Waals surface area contributed by atoms with Gasteiger partial charge in [-0.1, -0.05) is 46.9 Å². The summed E-state index contributed by atoms with van der Waals surface area (Å²) in [5.74, 6) is 0.369. The molecule has 0 spiro atoms. The number of benzene rings is 2. The largest absolute Gasteiger partial charge is 0.419 e. The van der Waals surface area contributed by atoms with Gasteiger partial charge in [0.25, 0.3) is 0 Å². The zero-order valence-electron chi connectivity index (χ0n) is 15.1. The molecule has 0 fully saturated rings. The maximum Gasteiger partial charge on any atom is 0.419 e. The Morgan fingerprint density at radius 3 is 2.30 bits per heavy atom. The van der Waals surface area contributed by atoms with Crippen LogP contribution in [-0.2, 0) is 0 Å². The van der Waals surface area contributed by atoms with Crippen LogP contribution < -0.4 is 4.74 Å². The molecule has 0 aliphatic carbocycles. The Bertz CT molecular complexity index is 852. The van der Waals surface area contributed by atoms with Crippen molar-refractivity contribution in [1.29, 1.82) is 0 Å². The third-order valence-corrected chi connectivity index (χ3v) is 3.89. The lowest BCUT2D eigenvalue weighted by Crippen LogP contribution is -2.43. The highest BCUT2D eigenvalue weighted by Gasteiger charge is 2.27. The topological polar surface area (TPSA) is 41.9 Å². The second-order valence-corrected chi connectivity index (χ2v) is 8.04. The van der Waals surface area contributed by atoms with Crippen LogP contribution in [0.25, 0.3) is 0 Å². The minimum Gasteiger partial charge on any atom is -0.409 e. The van der Waals surface area contributed by atoms with Crippen molar-refractivity contribution in [2.24, 2.45) is 4.99 Å². The Labute approximate surface area is 174 Å². The second-order valence-electron chi connectivity index (χ2n) is 6.60. The first-order chi connectivity index (χ1) is 12.7. The fraction of sp³-hybridized carbons (Fsp3) is 0.200. The quantitative estimate of drug-likeness (QED) is 0.496. The molecule has 0 aromatic heterocycles. The van der Waals surface area contributed by atoms with Gasteiger partial charge in [0.1, 0.15) is 10.2 Å². The standard InChI is InChI=1S/C20H19Cl3N2O2/c1-20(2,3)25(13-18(22)23)19(26)27-17-7-5-4-6-14(17)12-24-16-10-8-15(21)9-11-16/h4-13H,1-3H3.